The van der Waals surface area contributed by atoms with E-state index in [1.54, 1.807) is 3.21 Å². The van der Waals surface area contributed by atoms with Crippen LogP contribution in [0, 0.1) is 6.07 Å². The molecule has 4 aromatic rings. The number of rotatable bonds is 4. The van der Waals surface area contributed by atoms with Crippen molar-refractivity contribution in [1.82, 2.24) is 0 Å². The van der Waals surface area contributed by atoms with Gasteiger partial charge < -0.3 is 24.8 Å². The first kappa shape index (κ1) is 29.9. The molecule has 0 bridgehead atoms. The summed E-state index contributed by atoms with van der Waals surface area (Å²) in [6.07, 6.45) is 5.92. The Morgan fingerprint density at radius 3 is 2.12 bits per heavy atom. The number of halogens is 2. The van der Waals surface area contributed by atoms with Gasteiger partial charge in [-0.1, -0.05) is 42.0 Å². The molecule has 0 heterocycles. The average molecular weight is 563 g/mol. The van der Waals surface area contributed by atoms with Crippen molar-refractivity contribution >= 4 is 15.4 Å². The first-order chi connectivity index (χ1) is 15.7. The molecule has 0 amide bonds. The van der Waals surface area contributed by atoms with Crippen molar-refractivity contribution in [1.29, 1.82) is 0 Å². The molecule has 1 aliphatic rings. The number of fused-ring (bicyclic) bond motifs is 3. The quantitative estimate of drug-likeness (QED) is 0.294. The topological polar surface area (TPSA) is 0 Å². The normalized spacial score (nSPS) is 9.85. The van der Waals surface area contributed by atoms with Gasteiger partial charge in [0.05, 0.1) is 0 Å². The predicted molar refractivity (Wildman–Crippen MR) is 137 cm³/mol. The maximum absolute atomic E-state index is 3.82. The number of hydrogen-bond acceptors (Lipinski definition) is 0. The zero-order valence-electron chi connectivity index (χ0n) is 19.4. The second-order valence-corrected chi connectivity index (χ2v) is 8.97. The monoisotopic (exact) mass is 560 g/mol. The van der Waals surface area contributed by atoms with E-state index in [0.717, 1.165) is 12.0 Å². The Balaban J connectivity index is 0.000000290. The summed E-state index contributed by atoms with van der Waals surface area (Å²) in [5, 5.41) is 0. The zero-order chi connectivity index (χ0) is 22.8. The maximum atomic E-state index is 3.82. The molecule has 0 fully saturated rings. The van der Waals surface area contributed by atoms with E-state index < -0.39 is 0 Å². The summed E-state index contributed by atoms with van der Waals surface area (Å²) < 4.78 is 1.55. The first-order valence-electron chi connectivity index (χ1n) is 10.9. The summed E-state index contributed by atoms with van der Waals surface area (Å²) in [6.45, 7) is 9.84. The van der Waals surface area contributed by atoms with Crippen LogP contribution in [0.1, 0.15) is 41.2 Å². The SMILES string of the molecule is C=Cc1c[c-]c2c(c1)-c1cc(C=C)ccc1C2.CC[C](=[Zr+2])c1ccccc1.[Cl-].[Cl-].c1cc[cH-]c1. The molecule has 0 spiro atoms. The van der Waals surface area contributed by atoms with E-state index in [4.69, 9.17) is 0 Å². The molecule has 0 aliphatic heterocycles. The Labute approximate surface area is 232 Å². The zero-order valence-corrected chi connectivity index (χ0v) is 23.4. The van der Waals surface area contributed by atoms with E-state index in [1.165, 1.54) is 64.0 Å². The van der Waals surface area contributed by atoms with Crippen molar-refractivity contribution in [3.8, 4) is 11.1 Å². The minimum atomic E-state index is 0. The Morgan fingerprint density at radius 1 is 0.912 bits per heavy atom. The van der Waals surface area contributed by atoms with Gasteiger partial charge in [-0.3, -0.25) is 0 Å². The Hall–Kier alpha value is -2.18. The molecular weight excluding hydrogens is 534 g/mol. The van der Waals surface area contributed by atoms with Crippen molar-refractivity contribution in [3.63, 3.8) is 0 Å². The third kappa shape index (κ3) is 8.24. The van der Waals surface area contributed by atoms with Crippen LogP contribution < -0.4 is 24.8 Å². The van der Waals surface area contributed by atoms with E-state index in [1.807, 2.05) is 48.6 Å². The average Bonchev–Trinajstić information content (AvgIpc) is 3.55. The fraction of sp³-hybridized carbons (Fsp3) is 0.0968. The van der Waals surface area contributed by atoms with Crippen molar-refractivity contribution in [2.75, 3.05) is 0 Å². The van der Waals surface area contributed by atoms with Crippen LogP contribution in [0.5, 0.6) is 0 Å². The van der Waals surface area contributed by atoms with Crippen LogP contribution >= 0.6 is 0 Å². The van der Waals surface area contributed by atoms with Crippen molar-refractivity contribution in [2.45, 2.75) is 19.8 Å². The van der Waals surface area contributed by atoms with Gasteiger partial charge in [0.1, 0.15) is 0 Å². The molecular formula is C31H28Cl2Zr-2. The van der Waals surface area contributed by atoms with Crippen LogP contribution in [0.25, 0.3) is 23.3 Å². The van der Waals surface area contributed by atoms with Crippen LogP contribution in [-0.4, -0.2) is 3.21 Å². The standard InChI is InChI=1S/C17H13.C9H10.C5H5.2ClH.Zr/c1-3-12-5-7-14-11-15-8-6-13(4-2)10-17(15)16(14)9-12;1-2-6-9-7-4-3-5-8-9;1-2-4-5-3-1;;;/h3-7,9-10H,1-2,11H2;3-5,7-8H,2H2,1H3;1-5H;2*1H;/q-1;;-1;;;+2/p-2. The maximum Gasteiger partial charge on any atom is -0.172 e. The van der Waals surface area contributed by atoms with Crippen LogP contribution in [0.2, 0.25) is 0 Å². The molecule has 0 aromatic heterocycles. The van der Waals surface area contributed by atoms with Gasteiger partial charge >= 0.3 is 76.7 Å². The minimum absolute atomic E-state index is 0. The molecule has 0 atom stereocenters. The van der Waals surface area contributed by atoms with Crippen molar-refractivity contribution < 1.29 is 49.0 Å². The molecule has 4 aromatic carbocycles. The molecule has 1 aliphatic carbocycles. The first-order valence-corrected chi connectivity index (χ1v) is 12.1. The third-order valence-corrected chi connectivity index (χ3v) is 6.92. The summed E-state index contributed by atoms with van der Waals surface area (Å²) in [6, 6.07) is 34.7. The van der Waals surface area contributed by atoms with Gasteiger partial charge in [-0.2, -0.15) is 42.0 Å². The third-order valence-electron chi connectivity index (χ3n) is 5.34. The van der Waals surface area contributed by atoms with Gasteiger partial charge in [-0.25, -0.2) is 12.1 Å². The molecule has 0 unspecified atom stereocenters. The minimum Gasteiger partial charge on any atom is -1.00 e. The number of hydrogen-bond donors (Lipinski definition) is 0. The van der Waals surface area contributed by atoms with E-state index in [2.05, 4.69) is 80.7 Å². The van der Waals surface area contributed by atoms with Gasteiger partial charge in [0.2, 0.25) is 0 Å². The van der Waals surface area contributed by atoms with Crippen LogP contribution in [0.4, 0.5) is 0 Å². The predicted octanol–water partition coefficient (Wildman–Crippen LogP) is 1.92. The molecule has 5 rings (SSSR count). The fourth-order valence-electron chi connectivity index (χ4n) is 3.53. The van der Waals surface area contributed by atoms with Crippen molar-refractivity contribution in [2.24, 2.45) is 0 Å². The number of benzene rings is 3. The smallest absolute Gasteiger partial charge is 0.172 e. The summed E-state index contributed by atoms with van der Waals surface area (Å²) in [5.41, 5.74) is 8.97. The molecule has 0 N–H and O–H groups in total. The van der Waals surface area contributed by atoms with E-state index in [9.17, 15) is 0 Å². The molecule has 0 saturated carbocycles. The molecule has 34 heavy (non-hydrogen) atoms. The largest absolute Gasteiger partial charge is 1.00 e. The Bertz CT molecular complexity index is 1100. The molecule has 172 valence electrons. The van der Waals surface area contributed by atoms with Gasteiger partial charge in [-0.15, -0.1) is 23.8 Å². The molecule has 0 saturated heterocycles. The fourth-order valence-corrected chi connectivity index (χ4v) is 3.94. The molecule has 0 nitrogen and oxygen atoms in total. The Morgan fingerprint density at radius 2 is 1.56 bits per heavy atom. The summed E-state index contributed by atoms with van der Waals surface area (Å²) in [4.78, 5) is 0. The van der Waals surface area contributed by atoms with E-state index in [0.29, 0.717) is 0 Å². The second kappa shape index (κ2) is 15.7. The Kier molecular flexibility index (Phi) is 13.8. The molecule has 0 radical (unpaired) electrons. The van der Waals surface area contributed by atoms with Crippen molar-refractivity contribution in [3.05, 3.63) is 138 Å². The van der Waals surface area contributed by atoms with Crippen LogP contribution in [0.3, 0.4) is 0 Å². The summed E-state index contributed by atoms with van der Waals surface area (Å²) in [5.74, 6) is 0. The summed E-state index contributed by atoms with van der Waals surface area (Å²) in [7, 11) is 0. The van der Waals surface area contributed by atoms with Crippen LogP contribution in [0.15, 0.2) is 104 Å². The van der Waals surface area contributed by atoms with E-state index in [-0.39, 0.29) is 24.8 Å². The van der Waals surface area contributed by atoms with Gasteiger partial charge in [0.15, 0.2) is 0 Å². The van der Waals surface area contributed by atoms with Crippen LogP contribution in [-0.2, 0) is 30.7 Å². The van der Waals surface area contributed by atoms with Gasteiger partial charge in [0.25, 0.3) is 0 Å². The second-order valence-electron chi connectivity index (χ2n) is 7.49. The molecule has 3 heteroatoms. The summed E-state index contributed by atoms with van der Waals surface area (Å²) >= 11 is 1.54. The van der Waals surface area contributed by atoms with Gasteiger partial charge in [0, 0.05) is 0 Å². The van der Waals surface area contributed by atoms with Gasteiger partial charge in [-0.05, 0) is 12.0 Å². The van der Waals surface area contributed by atoms with E-state index >= 15 is 0 Å².